The number of carbonyl (C=O) groups excluding carboxylic acids is 1. The summed E-state index contributed by atoms with van der Waals surface area (Å²) in [6.45, 7) is 0. The number of carbonyl (C=O) groups is 1. The van der Waals surface area contributed by atoms with Gasteiger partial charge < -0.3 is 10.1 Å². The molecule has 0 aliphatic rings. The van der Waals surface area contributed by atoms with Gasteiger partial charge >= 0.3 is 0 Å². The third-order valence-corrected chi connectivity index (χ3v) is 3.31. The van der Waals surface area contributed by atoms with Crippen molar-refractivity contribution in [2.45, 2.75) is 0 Å². The molecule has 0 spiro atoms. The van der Waals surface area contributed by atoms with Crippen LogP contribution in [0, 0.1) is 11.6 Å². The van der Waals surface area contributed by atoms with E-state index in [1.807, 2.05) is 0 Å². The Balaban J connectivity index is 2.30. The Morgan fingerprint density at radius 1 is 1.25 bits per heavy atom. The van der Waals surface area contributed by atoms with Gasteiger partial charge in [0.05, 0.1) is 18.4 Å². The van der Waals surface area contributed by atoms with Gasteiger partial charge in [0, 0.05) is 4.47 Å². The SMILES string of the molecule is COc1ccc(Br)c(C(=O)Nc2cccc(F)c2F)c1. The number of methoxy groups -OCH3 is 1. The van der Waals surface area contributed by atoms with E-state index in [1.165, 1.54) is 25.3 Å². The van der Waals surface area contributed by atoms with E-state index < -0.39 is 17.5 Å². The van der Waals surface area contributed by atoms with Gasteiger partial charge in [0.15, 0.2) is 11.6 Å². The first-order valence-electron chi connectivity index (χ1n) is 5.62. The second-order valence-corrected chi connectivity index (χ2v) is 4.76. The first kappa shape index (κ1) is 14.5. The largest absolute Gasteiger partial charge is 0.497 e. The van der Waals surface area contributed by atoms with E-state index in [9.17, 15) is 13.6 Å². The molecule has 0 aromatic heterocycles. The molecule has 20 heavy (non-hydrogen) atoms. The van der Waals surface area contributed by atoms with Crippen molar-refractivity contribution in [3.05, 3.63) is 58.1 Å². The van der Waals surface area contributed by atoms with Gasteiger partial charge in [-0.2, -0.15) is 0 Å². The molecule has 0 heterocycles. The van der Waals surface area contributed by atoms with E-state index in [0.29, 0.717) is 10.2 Å². The fourth-order valence-corrected chi connectivity index (χ4v) is 2.02. The van der Waals surface area contributed by atoms with Crippen molar-refractivity contribution < 1.29 is 18.3 Å². The van der Waals surface area contributed by atoms with Crippen LogP contribution < -0.4 is 10.1 Å². The Bertz CT molecular complexity index is 662. The summed E-state index contributed by atoms with van der Waals surface area (Å²) in [5.74, 6) is -2.20. The maximum Gasteiger partial charge on any atom is 0.257 e. The van der Waals surface area contributed by atoms with E-state index in [4.69, 9.17) is 4.74 Å². The molecule has 3 nitrogen and oxygen atoms in total. The molecule has 0 aliphatic carbocycles. The van der Waals surface area contributed by atoms with Crippen LogP contribution in [0.1, 0.15) is 10.4 Å². The van der Waals surface area contributed by atoms with E-state index in [1.54, 1.807) is 12.1 Å². The minimum absolute atomic E-state index is 0.218. The Hall–Kier alpha value is -1.95. The van der Waals surface area contributed by atoms with Crippen LogP contribution in [-0.2, 0) is 0 Å². The number of amides is 1. The van der Waals surface area contributed by atoms with Crippen LogP contribution in [0.25, 0.3) is 0 Å². The van der Waals surface area contributed by atoms with Gasteiger partial charge in [-0.1, -0.05) is 6.07 Å². The summed E-state index contributed by atoms with van der Waals surface area (Å²) in [5, 5.41) is 2.32. The molecule has 2 rings (SSSR count). The van der Waals surface area contributed by atoms with Crippen LogP contribution >= 0.6 is 15.9 Å². The van der Waals surface area contributed by atoms with Gasteiger partial charge in [-0.15, -0.1) is 0 Å². The topological polar surface area (TPSA) is 38.3 Å². The number of benzene rings is 2. The average molecular weight is 342 g/mol. The minimum Gasteiger partial charge on any atom is -0.497 e. The summed E-state index contributed by atoms with van der Waals surface area (Å²) in [6, 6.07) is 8.38. The van der Waals surface area contributed by atoms with Crippen molar-refractivity contribution in [2.24, 2.45) is 0 Å². The molecule has 2 aromatic carbocycles. The lowest BCUT2D eigenvalue weighted by Crippen LogP contribution is -2.14. The average Bonchev–Trinajstić information content (AvgIpc) is 2.44. The summed E-state index contributed by atoms with van der Waals surface area (Å²) >= 11 is 3.22. The summed E-state index contributed by atoms with van der Waals surface area (Å²) in [4.78, 5) is 12.1. The van der Waals surface area contributed by atoms with Gasteiger partial charge in [-0.3, -0.25) is 4.79 Å². The zero-order valence-electron chi connectivity index (χ0n) is 10.4. The molecule has 0 saturated heterocycles. The number of hydrogen-bond acceptors (Lipinski definition) is 2. The summed E-state index contributed by atoms with van der Waals surface area (Å²) in [6.07, 6.45) is 0. The molecule has 2 aromatic rings. The maximum absolute atomic E-state index is 13.5. The molecule has 1 N–H and O–H groups in total. The summed E-state index contributed by atoms with van der Waals surface area (Å²) < 4.78 is 32.1. The molecule has 0 radical (unpaired) electrons. The van der Waals surface area contributed by atoms with Crippen LogP contribution in [-0.4, -0.2) is 13.0 Å². The maximum atomic E-state index is 13.5. The molecule has 104 valence electrons. The van der Waals surface area contributed by atoms with Gasteiger partial charge in [-0.25, -0.2) is 8.78 Å². The third kappa shape index (κ3) is 2.96. The zero-order chi connectivity index (χ0) is 14.7. The minimum atomic E-state index is -1.10. The van der Waals surface area contributed by atoms with Crippen molar-refractivity contribution in [3.63, 3.8) is 0 Å². The molecule has 0 bridgehead atoms. The van der Waals surface area contributed by atoms with Gasteiger partial charge in [0.25, 0.3) is 5.91 Å². The first-order chi connectivity index (χ1) is 9.52. The monoisotopic (exact) mass is 341 g/mol. The second-order valence-electron chi connectivity index (χ2n) is 3.90. The fraction of sp³-hybridized carbons (Fsp3) is 0.0714. The number of ether oxygens (including phenoxy) is 1. The van der Waals surface area contributed by atoms with E-state index in [-0.39, 0.29) is 11.3 Å². The fourth-order valence-electron chi connectivity index (χ4n) is 1.60. The molecule has 0 aliphatic heterocycles. The highest BCUT2D eigenvalue weighted by atomic mass is 79.9. The highest BCUT2D eigenvalue weighted by molar-refractivity contribution is 9.10. The predicted molar refractivity (Wildman–Crippen MR) is 75.0 cm³/mol. The molecule has 0 unspecified atom stereocenters. The Morgan fingerprint density at radius 3 is 2.70 bits per heavy atom. The molecular formula is C14H10BrF2NO2. The lowest BCUT2D eigenvalue weighted by atomic mass is 10.2. The molecular weight excluding hydrogens is 332 g/mol. The smallest absolute Gasteiger partial charge is 0.257 e. The van der Waals surface area contributed by atoms with Gasteiger partial charge in [-0.05, 0) is 46.3 Å². The molecule has 1 amide bonds. The lowest BCUT2D eigenvalue weighted by Gasteiger charge is -2.09. The van der Waals surface area contributed by atoms with Crippen LogP contribution in [0.3, 0.4) is 0 Å². The van der Waals surface area contributed by atoms with E-state index >= 15 is 0 Å². The van der Waals surface area contributed by atoms with Crippen molar-refractivity contribution in [3.8, 4) is 5.75 Å². The van der Waals surface area contributed by atoms with E-state index in [2.05, 4.69) is 21.2 Å². The number of nitrogens with one attached hydrogen (secondary N) is 1. The number of anilines is 1. The third-order valence-electron chi connectivity index (χ3n) is 2.62. The van der Waals surface area contributed by atoms with Crippen molar-refractivity contribution in [2.75, 3.05) is 12.4 Å². The van der Waals surface area contributed by atoms with Crippen LogP contribution in [0.4, 0.5) is 14.5 Å². The standard InChI is InChI=1S/C14H10BrF2NO2/c1-20-8-5-6-10(15)9(7-8)14(19)18-12-4-2-3-11(16)13(12)17/h2-7H,1H3,(H,18,19). The number of hydrogen-bond donors (Lipinski definition) is 1. The van der Waals surface area contributed by atoms with Crippen molar-refractivity contribution in [1.29, 1.82) is 0 Å². The van der Waals surface area contributed by atoms with Gasteiger partial charge in [0.1, 0.15) is 5.75 Å². The Morgan fingerprint density at radius 2 is 2.00 bits per heavy atom. The lowest BCUT2D eigenvalue weighted by molar-refractivity contribution is 0.102. The Kier molecular flexibility index (Phi) is 4.34. The normalized spacial score (nSPS) is 10.2. The quantitative estimate of drug-likeness (QED) is 0.916. The van der Waals surface area contributed by atoms with Crippen LogP contribution in [0.2, 0.25) is 0 Å². The van der Waals surface area contributed by atoms with E-state index in [0.717, 1.165) is 6.07 Å². The Labute approximate surface area is 122 Å². The zero-order valence-corrected chi connectivity index (χ0v) is 12.0. The summed E-state index contributed by atoms with van der Waals surface area (Å²) in [5.41, 5.74) is 0.0396. The first-order valence-corrected chi connectivity index (χ1v) is 6.41. The molecule has 6 heteroatoms. The summed E-state index contributed by atoms with van der Waals surface area (Å²) in [7, 11) is 1.47. The van der Waals surface area contributed by atoms with Crippen molar-refractivity contribution >= 4 is 27.5 Å². The molecule has 0 atom stereocenters. The number of halogens is 3. The predicted octanol–water partition coefficient (Wildman–Crippen LogP) is 3.99. The van der Waals surface area contributed by atoms with Crippen LogP contribution in [0.5, 0.6) is 5.75 Å². The van der Waals surface area contributed by atoms with Crippen molar-refractivity contribution in [1.82, 2.24) is 0 Å². The highest BCUT2D eigenvalue weighted by Gasteiger charge is 2.15. The molecule has 0 saturated carbocycles. The molecule has 0 fully saturated rings. The van der Waals surface area contributed by atoms with Crippen LogP contribution in [0.15, 0.2) is 40.9 Å². The van der Waals surface area contributed by atoms with Gasteiger partial charge in [0.2, 0.25) is 0 Å². The highest BCUT2D eigenvalue weighted by Crippen LogP contribution is 2.24. The number of rotatable bonds is 3. The second kappa shape index (κ2) is 6.00.